The zero-order chi connectivity index (χ0) is 19.8. The molecule has 0 spiro atoms. The van der Waals surface area contributed by atoms with E-state index in [0.717, 1.165) is 31.4 Å². The topological polar surface area (TPSA) is 55.8 Å². The van der Waals surface area contributed by atoms with Gasteiger partial charge >= 0.3 is 5.97 Å². The molecule has 2 heterocycles. The molecule has 3 rings (SSSR count). The zero-order valence-corrected chi connectivity index (χ0v) is 16.6. The van der Waals surface area contributed by atoms with E-state index in [9.17, 15) is 9.59 Å². The van der Waals surface area contributed by atoms with Crippen molar-refractivity contribution in [1.82, 2.24) is 4.90 Å². The second kappa shape index (κ2) is 9.75. The summed E-state index contributed by atoms with van der Waals surface area (Å²) in [4.78, 5) is 27.0. The zero-order valence-electron chi connectivity index (χ0n) is 16.6. The minimum absolute atomic E-state index is 0.110. The van der Waals surface area contributed by atoms with E-state index in [4.69, 9.17) is 9.47 Å². The maximum atomic E-state index is 12.8. The number of ether oxygens (including phenoxy) is 2. The Hall–Kier alpha value is -2.32. The summed E-state index contributed by atoms with van der Waals surface area (Å²) in [5, 5.41) is 0. The average molecular weight is 383 g/mol. The van der Waals surface area contributed by atoms with Gasteiger partial charge in [0.25, 0.3) is 5.91 Å². The molecule has 1 aromatic rings. The van der Waals surface area contributed by atoms with E-state index in [-0.39, 0.29) is 18.0 Å². The van der Waals surface area contributed by atoms with Crippen molar-refractivity contribution < 1.29 is 19.1 Å². The molecule has 0 aromatic heterocycles. The molecule has 5 heteroatoms. The molecule has 0 bridgehead atoms. The van der Waals surface area contributed by atoms with Crippen molar-refractivity contribution >= 4 is 11.9 Å². The van der Waals surface area contributed by atoms with Crippen LogP contribution in [0.15, 0.2) is 30.3 Å². The summed E-state index contributed by atoms with van der Waals surface area (Å²) in [5.41, 5.74) is 0.268. The van der Waals surface area contributed by atoms with Gasteiger partial charge in [0, 0.05) is 31.2 Å². The first-order valence-electron chi connectivity index (χ1n) is 10.3. The Morgan fingerprint density at radius 3 is 2.61 bits per heavy atom. The molecule has 0 radical (unpaired) electrons. The number of esters is 1. The maximum absolute atomic E-state index is 12.8. The lowest BCUT2D eigenvalue weighted by molar-refractivity contribution is -0.163. The van der Waals surface area contributed by atoms with Crippen LogP contribution < -0.4 is 0 Å². The number of carbonyl (C=O) groups is 2. The van der Waals surface area contributed by atoms with Gasteiger partial charge in [0.1, 0.15) is 0 Å². The number of carbonyl (C=O) groups excluding carboxylic acids is 2. The van der Waals surface area contributed by atoms with Crippen LogP contribution in [0.2, 0.25) is 0 Å². The van der Waals surface area contributed by atoms with Crippen LogP contribution in [0.5, 0.6) is 0 Å². The van der Waals surface area contributed by atoms with Gasteiger partial charge in [-0.15, -0.1) is 0 Å². The Balaban J connectivity index is 1.63. The van der Waals surface area contributed by atoms with Gasteiger partial charge in [-0.3, -0.25) is 9.59 Å². The molecular formula is C23H29NO4. The molecule has 2 fully saturated rings. The molecule has 0 N–H and O–H groups in total. The molecular weight excluding hydrogens is 354 g/mol. The van der Waals surface area contributed by atoms with Crippen LogP contribution in [0.4, 0.5) is 0 Å². The lowest BCUT2D eigenvalue weighted by atomic mass is 9.73. The standard InChI is InChI=1S/C23H29NO4/c1-2-27-22(26)23(18-20-10-6-7-17-28-20)13-15-24(16-14-23)21(25)12-11-19-8-4-3-5-9-19/h3-5,8-9,20H,2,6-7,10,13-18H2,1H3/t20-/m1/s1. The van der Waals surface area contributed by atoms with Crippen molar-refractivity contribution in [3.63, 3.8) is 0 Å². The number of likely N-dealkylation sites (tertiary alicyclic amines) is 1. The van der Waals surface area contributed by atoms with E-state index in [1.807, 2.05) is 37.3 Å². The summed E-state index contributed by atoms with van der Waals surface area (Å²) < 4.78 is 11.3. The molecule has 150 valence electrons. The van der Waals surface area contributed by atoms with E-state index >= 15 is 0 Å². The number of piperidine rings is 1. The number of amides is 1. The van der Waals surface area contributed by atoms with Gasteiger partial charge in [-0.2, -0.15) is 0 Å². The highest BCUT2D eigenvalue weighted by Gasteiger charge is 2.45. The van der Waals surface area contributed by atoms with Crippen molar-refractivity contribution in [2.75, 3.05) is 26.3 Å². The monoisotopic (exact) mass is 383 g/mol. The van der Waals surface area contributed by atoms with Crippen LogP contribution in [0.3, 0.4) is 0 Å². The predicted octanol–water partition coefficient (Wildman–Crippen LogP) is 3.17. The van der Waals surface area contributed by atoms with Crippen LogP contribution in [0.1, 0.15) is 51.0 Å². The fraction of sp³-hybridized carbons (Fsp3) is 0.565. The summed E-state index contributed by atoms with van der Waals surface area (Å²) in [7, 11) is 0. The van der Waals surface area contributed by atoms with Crippen molar-refractivity contribution in [2.45, 2.75) is 51.6 Å². The van der Waals surface area contributed by atoms with Crippen molar-refractivity contribution in [2.24, 2.45) is 5.41 Å². The third-order valence-electron chi connectivity index (χ3n) is 5.70. The van der Waals surface area contributed by atoms with Gasteiger partial charge in [0.05, 0.1) is 18.1 Å². The highest BCUT2D eigenvalue weighted by molar-refractivity contribution is 5.94. The van der Waals surface area contributed by atoms with Crippen molar-refractivity contribution in [1.29, 1.82) is 0 Å². The van der Waals surface area contributed by atoms with Crippen LogP contribution in [0.25, 0.3) is 0 Å². The van der Waals surface area contributed by atoms with Crippen molar-refractivity contribution in [3.8, 4) is 11.8 Å². The van der Waals surface area contributed by atoms with Gasteiger partial charge < -0.3 is 14.4 Å². The van der Waals surface area contributed by atoms with E-state index in [2.05, 4.69) is 11.8 Å². The number of hydrogen-bond acceptors (Lipinski definition) is 4. The van der Waals surface area contributed by atoms with E-state index in [1.54, 1.807) is 4.90 Å². The lowest BCUT2D eigenvalue weighted by Crippen LogP contribution is -2.48. The molecule has 0 saturated carbocycles. The quantitative estimate of drug-likeness (QED) is 0.592. The molecule has 2 aliphatic rings. The first-order valence-corrected chi connectivity index (χ1v) is 10.3. The van der Waals surface area contributed by atoms with E-state index < -0.39 is 5.41 Å². The van der Waals surface area contributed by atoms with Gasteiger partial charge in [-0.05, 0) is 57.6 Å². The normalized spacial score (nSPS) is 21.3. The van der Waals surface area contributed by atoms with Crippen LogP contribution in [-0.2, 0) is 19.1 Å². The first kappa shape index (κ1) is 20.4. The van der Waals surface area contributed by atoms with Crippen LogP contribution >= 0.6 is 0 Å². The van der Waals surface area contributed by atoms with Gasteiger partial charge in [-0.25, -0.2) is 0 Å². The SMILES string of the molecule is CCOC(=O)C1(C[C@H]2CCCCO2)CCN(C(=O)C#Cc2ccccc2)CC1. The maximum Gasteiger partial charge on any atom is 0.312 e. The fourth-order valence-corrected chi connectivity index (χ4v) is 4.04. The Morgan fingerprint density at radius 1 is 1.21 bits per heavy atom. The third kappa shape index (κ3) is 5.14. The number of nitrogens with zero attached hydrogens (tertiary/aromatic N) is 1. The van der Waals surface area contributed by atoms with Gasteiger partial charge in [-0.1, -0.05) is 24.1 Å². The van der Waals surface area contributed by atoms with E-state index in [1.165, 1.54) is 0 Å². The summed E-state index contributed by atoms with van der Waals surface area (Å²) in [6.45, 7) is 4.02. The van der Waals surface area contributed by atoms with E-state index in [0.29, 0.717) is 39.0 Å². The molecule has 2 saturated heterocycles. The molecule has 1 amide bonds. The lowest BCUT2D eigenvalue weighted by Gasteiger charge is -2.41. The fourth-order valence-electron chi connectivity index (χ4n) is 4.04. The summed E-state index contributed by atoms with van der Waals surface area (Å²) in [5.74, 6) is 5.31. The molecule has 28 heavy (non-hydrogen) atoms. The minimum atomic E-state index is -0.554. The smallest absolute Gasteiger partial charge is 0.312 e. The molecule has 0 unspecified atom stereocenters. The number of hydrogen-bond donors (Lipinski definition) is 0. The molecule has 0 aliphatic carbocycles. The molecule has 2 aliphatic heterocycles. The summed E-state index contributed by atoms with van der Waals surface area (Å²) in [6.07, 6.45) is 5.22. The minimum Gasteiger partial charge on any atom is -0.466 e. The third-order valence-corrected chi connectivity index (χ3v) is 5.70. The highest BCUT2D eigenvalue weighted by atomic mass is 16.5. The largest absolute Gasteiger partial charge is 0.466 e. The second-order valence-electron chi connectivity index (χ2n) is 7.60. The average Bonchev–Trinajstić information content (AvgIpc) is 2.74. The molecule has 1 aromatic carbocycles. The predicted molar refractivity (Wildman–Crippen MR) is 106 cm³/mol. The van der Waals surface area contributed by atoms with Crippen molar-refractivity contribution in [3.05, 3.63) is 35.9 Å². The highest BCUT2D eigenvalue weighted by Crippen LogP contribution is 2.39. The molecule has 5 nitrogen and oxygen atoms in total. The van der Waals surface area contributed by atoms with Crippen LogP contribution in [0, 0.1) is 17.3 Å². The summed E-state index contributed by atoms with van der Waals surface area (Å²) in [6, 6.07) is 9.48. The Bertz CT molecular complexity index is 720. The number of rotatable bonds is 4. The first-order chi connectivity index (χ1) is 13.6. The van der Waals surface area contributed by atoms with Gasteiger partial charge in [0.2, 0.25) is 0 Å². The molecule has 1 atom stereocenters. The Morgan fingerprint density at radius 2 is 1.96 bits per heavy atom. The number of benzene rings is 1. The van der Waals surface area contributed by atoms with Gasteiger partial charge in [0.15, 0.2) is 0 Å². The Kier molecular flexibility index (Phi) is 7.11. The second-order valence-corrected chi connectivity index (χ2v) is 7.60. The summed E-state index contributed by atoms with van der Waals surface area (Å²) >= 11 is 0. The Labute approximate surface area is 167 Å². The van der Waals surface area contributed by atoms with Crippen LogP contribution in [-0.4, -0.2) is 49.2 Å².